The van der Waals surface area contributed by atoms with Crippen LogP contribution < -0.4 is 0 Å². The molecule has 0 unspecified atom stereocenters. The Hall–Kier alpha value is -2.82. The van der Waals surface area contributed by atoms with E-state index in [9.17, 15) is 9.59 Å². The van der Waals surface area contributed by atoms with Crippen molar-refractivity contribution in [1.82, 2.24) is 4.90 Å². The number of benzene rings is 2. The van der Waals surface area contributed by atoms with Gasteiger partial charge in [0, 0.05) is 5.41 Å². The molecule has 4 rings (SSSR count). The maximum Gasteiger partial charge on any atom is 0.413 e. The molecule has 1 saturated heterocycles. The molecular formula is C28H35NO4. The van der Waals surface area contributed by atoms with Crippen molar-refractivity contribution in [2.24, 2.45) is 5.41 Å². The zero-order chi connectivity index (χ0) is 23.5. The highest BCUT2D eigenvalue weighted by Gasteiger charge is 2.53. The van der Waals surface area contributed by atoms with E-state index in [0.717, 1.165) is 31.2 Å². The lowest BCUT2D eigenvalue weighted by Gasteiger charge is -2.41. The van der Waals surface area contributed by atoms with Gasteiger partial charge in [0.25, 0.3) is 0 Å². The molecule has 0 radical (unpaired) electrons. The van der Waals surface area contributed by atoms with Crippen molar-refractivity contribution >= 4 is 12.1 Å². The molecule has 2 aliphatic rings. The van der Waals surface area contributed by atoms with Crippen LogP contribution in [0.15, 0.2) is 60.7 Å². The van der Waals surface area contributed by atoms with E-state index in [1.165, 1.54) is 12.0 Å². The minimum Gasteiger partial charge on any atom is -0.444 e. The van der Waals surface area contributed by atoms with Gasteiger partial charge in [-0.1, -0.05) is 101 Å². The van der Waals surface area contributed by atoms with Gasteiger partial charge in [0.05, 0.1) is 0 Å². The number of hydrogen-bond acceptors (Lipinski definition) is 4. The number of carbonyl (C=O) groups excluding carboxylic acids is 2. The highest BCUT2D eigenvalue weighted by Crippen LogP contribution is 2.46. The summed E-state index contributed by atoms with van der Waals surface area (Å²) in [6.07, 6.45) is 4.88. The molecule has 1 heterocycles. The van der Waals surface area contributed by atoms with Crippen molar-refractivity contribution in [3.05, 3.63) is 71.8 Å². The predicted molar refractivity (Wildman–Crippen MR) is 127 cm³/mol. The molecule has 1 aliphatic heterocycles. The second-order valence-electron chi connectivity index (χ2n) is 10.5. The van der Waals surface area contributed by atoms with Crippen molar-refractivity contribution in [2.45, 2.75) is 83.6 Å². The fourth-order valence-corrected chi connectivity index (χ4v) is 5.32. The van der Waals surface area contributed by atoms with Gasteiger partial charge >= 0.3 is 12.1 Å². The van der Waals surface area contributed by atoms with Gasteiger partial charge in [-0.2, -0.15) is 0 Å². The minimum atomic E-state index is -0.658. The summed E-state index contributed by atoms with van der Waals surface area (Å²) in [6.45, 7) is 6.12. The summed E-state index contributed by atoms with van der Waals surface area (Å²) >= 11 is 0. The van der Waals surface area contributed by atoms with Crippen molar-refractivity contribution in [1.29, 1.82) is 0 Å². The fourth-order valence-electron chi connectivity index (χ4n) is 5.32. The van der Waals surface area contributed by atoms with Crippen LogP contribution in [-0.2, 0) is 26.3 Å². The molecule has 2 aromatic carbocycles. The minimum absolute atomic E-state index is 0.145. The maximum atomic E-state index is 13.4. The van der Waals surface area contributed by atoms with Gasteiger partial charge in [0.1, 0.15) is 12.6 Å². The molecule has 5 heteroatoms. The van der Waals surface area contributed by atoms with Crippen LogP contribution in [-0.4, -0.2) is 29.2 Å². The first-order valence-corrected chi connectivity index (χ1v) is 12.1. The largest absolute Gasteiger partial charge is 0.444 e. The van der Waals surface area contributed by atoms with E-state index < -0.39 is 23.8 Å². The zero-order valence-corrected chi connectivity index (χ0v) is 20.0. The van der Waals surface area contributed by atoms with Crippen LogP contribution in [0.25, 0.3) is 0 Å². The van der Waals surface area contributed by atoms with Gasteiger partial charge in [-0.25, -0.2) is 9.59 Å². The number of rotatable bonds is 5. The summed E-state index contributed by atoms with van der Waals surface area (Å²) in [5.74, 6) is -0.326. The van der Waals surface area contributed by atoms with Crippen LogP contribution in [0.1, 0.15) is 70.4 Å². The number of nitrogens with zero attached hydrogens (tertiary/aromatic N) is 1. The third kappa shape index (κ3) is 5.07. The second kappa shape index (κ2) is 9.58. The molecule has 0 spiro atoms. The third-order valence-electron chi connectivity index (χ3n) is 7.03. The molecule has 1 aliphatic carbocycles. The Morgan fingerprint density at radius 3 is 2.21 bits per heavy atom. The van der Waals surface area contributed by atoms with Crippen LogP contribution >= 0.6 is 0 Å². The van der Waals surface area contributed by atoms with Crippen LogP contribution in [0.2, 0.25) is 0 Å². The van der Waals surface area contributed by atoms with Crippen LogP contribution in [0.5, 0.6) is 0 Å². The van der Waals surface area contributed by atoms with E-state index in [1.54, 1.807) is 4.90 Å². The Bertz CT molecular complexity index is 945. The first-order chi connectivity index (χ1) is 15.8. The van der Waals surface area contributed by atoms with Crippen molar-refractivity contribution in [3.8, 4) is 0 Å². The van der Waals surface area contributed by atoms with Gasteiger partial charge in [-0.3, -0.25) is 4.90 Å². The van der Waals surface area contributed by atoms with E-state index in [-0.39, 0.29) is 18.0 Å². The summed E-state index contributed by atoms with van der Waals surface area (Å²) in [5.41, 5.74) is 1.58. The number of carbonyl (C=O) groups is 2. The van der Waals surface area contributed by atoms with Gasteiger partial charge in [-0.15, -0.1) is 0 Å². The lowest BCUT2D eigenvalue weighted by atomic mass is 9.66. The molecule has 176 valence electrons. The molecule has 2 aromatic rings. The second-order valence-corrected chi connectivity index (χ2v) is 10.5. The van der Waals surface area contributed by atoms with Crippen LogP contribution in [0, 0.1) is 5.41 Å². The van der Waals surface area contributed by atoms with Crippen LogP contribution in [0.3, 0.4) is 0 Å². The summed E-state index contributed by atoms with van der Waals surface area (Å²) < 4.78 is 11.5. The first-order valence-electron chi connectivity index (χ1n) is 12.1. The van der Waals surface area contributed by atoms with E-state index in [4.69, 9.17) is 9.47 Å². The monoisotopic (exact) mass is 449 g/mol. The summed E-state index contributed by atoms with van der Waals surface area (Å²) in [6, 6.07) is 19.4. The number of cyclic esters (lactones) is 1. The maximum absolute atomic E-state index is 13.4. The van der Waals surface area contributed by atoms with Gasteiger partial charge in [0.15, 0.2) is 6.23 Å². The van der Waals surface area contributed by atoms with E-state index >= 15 is 0 Å². The lowest BCUT2D eigenvalue weighted by molar-refractivity contribution is -0.147. The van der Waals surface area contributed by atoms with Gasteiger partial charge < -0.3 is 9.47 Å². The van der Waals surface area contributed by atoms with Crippen molar-refractivity contribution in [3.63, 3.8) is 0 Å². The number of hydrogen-bond donors (Lipinski definition) is 0. The summed E-state index contributed by atoms with van der Waals surface area (Å²) in [4.78, 5) is 28.2. The van der Waals surface area contributed by atoms with Crippen molar-refractivity contribution < 1.29 is 19.1 Å². The lowest BCUT2D eigenvalue weighted by Crippen LogP contribution is -2.50. The van der Waals surface area contributed by atoms with E-state index in [0.29, 0.717) is 6.42 Å². The SMILES string of the molecule is CC(C)(C)[C@H]1OC(=O)[C@H](CC2(c3ccccc3)CCCCC2)N1C(=O)OCc1ccccc1. The first kappa shape index (κ1) is 23.3. The molecule has 33 heavy (non-hydrogen) atoms. The molecule has 0 aromatic heterocycles. The normalized spacial score (nSPS) is 22.6. The standard InChI is InChI=1S/C28H35NO4/c1-27(2,3)25-29(26(31)32-20-21-13-7-4-8-14-21)23(24(30)33-25)19-28(17-11-6-12-18-28)22-15-9-5-10-16-22/h4-5,7-10,13-16,23,25H,6,11-12,17-20H2,1-3H3/t23-,25+/m0/s1. The molecule has 1 amide bonds. The average Bonchev–Trinajstić information content (AvgIpc) is 3.16. The number of esters is 1. The van der Waals surface area contributed by atoms with Crippen LogP contribution in [0.4, 0.5) is 4.79 Å². The number of ether oxygens (including phenoxy) is 2. The molecular weight excluding hydrogens is 414 g/mol. The van der Waals surface area contributed by atoms with Crippen molar-refractivity contribution in [2.75, 3.05) is 0 Å². The Morgan fingerprint density at radius 1 is 1.00 bits per heavy atom. The molecule has 2 fully saturated rings. The third-order valence-corrected chi connectivity index (χ3v) is 7.03. The number of amides is 1. The smallest absolute Gasteiger partial charge is 0.413 e. The predicted octanol–water partition coefficient (Wildman–Crippen LogP) is 6.22. The fraction of sp³-hybridized carbons (Fsp3) is 0.500. The van der Waals surface area contributed by atoms with E-state index in [2.05, 4.69) is 24.3 Å². The highest BCUT2D eigenvalue weighted by atomic mass is 16.6. The van der Waals surface area contributed by atoms with E-state index in [1.807, 2.05) is 57.2 Å². The summed E-state index contributed by atoms with van der Waals surface area (Å²) in [7, 11) is 0. The zero-order valence-electron chi connectivity index (χ0n) is 20.0. The Balaban J connectivity index is 1.62. The molecule has 5 nitrogen and oxygen atoms in total. The average molecular weight is 450 g/mol. The Morgan fingerprint density at radius 2 is 1.61 bits per heavy atom. The molecule has 1 saturated carbocycles. The Labute approximate surface area is 197 Å². The highest BCUT2D eigenvalue weighted by molar-refractivity contribution is 5.84. The Kier molecular flexibility index (Phi) is 6.78. The van der Waals surface area contributed by atoms with Gasteiger partial charge in [-0.05, 0) is 35.8 Å². The van der Waals surface area contributed by atoms with Gasteiger partial charge in [0.2, 0.25) is 0 Å². The molecule has 0 N–H and O–H groups in total. The molecule has 2 atom stereocenters. The topological polar surface area (TPSA) is 55.8 Å². The summed E-state index contributed by atoms with van der Waals surface area (Å²) in [5, 5.41) is 0. The molecule has 0 bridgehead atoms. The quantitative estimate of drug-likeness (QED) is 0.509.